The van der Waals surface area contributed by atoms with Crippen LogP contribution in [0.5, 0.6) is 0 Å². The summed E-state index contributed by atoms with van der Waals surface area (Å²) in [7, 11) is 4.18. The average Bonchev–Trinajstić information content (AvgIpc) is 2.64. The number of nitrogens with zero attached hydrogens (tertiary/aromatic N) is 2. The summed E-state index contributed by atoms with van der Waals surface area (Å²) in [6, 6.07) is 8.74. The maximum absolute atomic E-state index is 6.11. The zero-order valence-corrected chi connectivity index (χ0v) is 21.5. The third kappa shape index (κ3) is 9.22. The molecule has 1 aromatic rings. The van der Waals surface area contributed by atoms with Crippen molar-refractivity contribution in [2.45, 2.75) is 59.7 Å². The number of rotatable bonds is 7. The summed E-state index contributed by atoms with van der Waals surface area (Å²) in [5.74, 6) is 1.40. The molecule has 2 unspecified atom stereocenters. The van der Waals surface area contributed by atoms with E-state index in [0.717, 1.165) is 38.6 Å². The van der Waals surface area contributed by atoms with Crippen molar-refractivity contribution in [1.82, 2.24) is 15.5 Å². The summed E-state index contributed by atoms with van der Waals surface area (Å²) < 4.78 is 6.11. The van der Waals surface area contributed by atoms with Crippen molar-refractivity contribution in [2.75, 3.05) is 33.8 Å². The number of hydrogen-bond donors (Lipinski definition) is 2. The molecule has 0 radical (unpaired) electrons. The highest BCUT2D eigenvalue weighted by atomic mass is 127. The van der Waals surface area contributed by atoms with E-state index >= 15 is 0 Å². The monoisotopic (exact) mass is 516 g/mol. The predicted molar refractivity (Wildman–Crippen MR) is 134 cm³/mol. The molecule has 2 rings (SSSR count). The fraction of sp³-hybridized carbons (Fsp3) is 0.696. The van der Waals surface area contributed by atoms with Crippen molar-refractivity contribution >= 4 is 29.9 Å². The van der Waals surface area contributed by atoms with Gasteiger partial charge in [0.05, 0.1) is 12.6 Å². The summed E-state index contributed by atoms with van der Waals surface area (Å²) in [5, 5.41) is 6.93. The fourth-order valence-corrected chi connectivity index (χ4v) is 3.86. The molecule has 1 fully saturated rings. The van der Waals surface area contributed by atoms with E-state index in [1.54, 1.807) is 0 Å². The van der Waals surface area contributed by atoms with E-state index in [1.165, 1.54) is 17.5 Å². The van der Waals surface area contributed by atoms with Crippen LogP contribution in [-0.4, -0.2) is 50.8 Å². The zero-order valence-electron chi connectivity index (χ0n) is 19.1. The lowest BCUT2D eigenvalue weighted by molar-refractivity contribution is -0.0835. The van der Waals surface area contributed by atoms with Gasteiger partial charge in [-0.05, 0) is 50.4 Å². The van der Waals surface area contributed by atoms with Gasteiger partial charge < -0.3 is 20.3 Å². The van der Waals surface area contributed by atoms with Gasteiger partial charge in [-0.3, -0.25) is 0 Å². The Balaban J connectivity index is 0.00000420. The van der Waals surface area contributed by atoms with Crippen LogP contribution in [0.25, 0.3) is 0 Å². The molecular weight excluding hydrogens is 475 g/mol. The smallest absolute Gasteiger partial charge is 0.191 e. The summed E-state index contributed by atoms with van der Waals surface area (Å²) in [4.78, 5) is 6.97. The first kappa shape index (κ1) is 26.2. The van der Waals surface area contributed by atoms with Crippen molar-refractivity contribution in [3.8, 4) is 0 Å². The van der Waals surface area contributed by atoms with Crippen molar-refractivity contribution in [1.29, 1.82) is 0 Å². The van der Waals surface area contributed by atoms with Crippen LogP contribution >= 0.6 is 24.0 Å². The third-order valence-corrected chi connectivity index (χ3v) is 5.12. The lowest BCUT2D eigenvalue weighted by Crippen LogP contribution is -2.47. The van der Waals surface area contributed by atoms with Crippen LogP contribution in [0.4, 0.5) is 0 Å². The first-order chi connectivity index (χ1) is 13.3. The number of benzene rings is 1. The van der Waals surface area contributed by atoms with Gasteiger partial charge in [0.15, 0.2) is 5.96 Å². The second-order valence-corrected chi connectivity index (χ2v) is 9.19. The number of aliphatic imine (C=N–C) groups is 1. The number of nitrogens with one attached hydrogen (secondary N) is 2. The second-order valence-electron chi connectivity index (χ2n) is 9.19. The minimum Gasteiger partial charge on any atom is -0.377 e. The average molecular weight is 517 g/mol. The molecule has 1 aliphatic rings. The van der Waals surface area contributed by atoms with Gasteiger partial charge >= 0.3 is 0 Å². The Hall–Kier alpha value is -0.860. The van der Waals surface area contributed by atoms with E-state index in [4.69, 9.17) is 9.73 Å². The van der Waals surface area contributed by atoms with Crippen LogP contribution in [-0.2, 0) is 17.8 Å². The van der Waals surface area contributed by atoms with Crippen LogP contribution < -0.4 is 10.6 Å². The van der Waals surface area contributed by atoms with Gasteiger partial charge in [0.1, 0.15) is 0 Å². The molecule has 0 spiro atoms. The highest BCUT2D eigenvalue weighted by Gasteiger charge is 2.35. The Bertz CT molecular complexity index is 610. The first-order valence-electron chi connectivity index (χ1n) is 10.7. The van der Waals surface area contributed by atoms with Crippen LogP contribution in [0.2, 0.25) is 0 Å². The molecule has 0 aromatic heterocycles. The zero-order chi connectivity index (χ0) is 20.6. The molecule has 29 heavy (non-hydrogen) atoms. The Morgan fingerprint density at radius 2 is 1.79 bits per heavy atom. The Labute approximate surface area is 195 Å². The highest BCUT2D eigenvalue weighted by molar-refractivity contribution is 14.0. The van der Waals surface area contributed by atoms with Crippen molar-refractivity contribution < 1.29 is 4.74 Å². The van der Waals surface area contributed by atoms with Crippen molar-refractivity contribution in [3.63, 3.8) is 0 Å². The molecule has 6 heteroatoms. The summed E-state index contributed by atoms with van der Waals surface area (Å²) in [6.07, 6.45) is 2.65. The SMILES string of the molecule is CCNC(=NCc1ccc(CN(C)C)cc1)NCC1CCCOC1C(C)(C)C.I. The van der Waals surface area contributed by atoms with Crippen LogP contribution in [0.3, 0.4) is 0 Å². The van der Waals surface area contributed by atoms with Gasteiger partial charge in [0.25, 0.3) is 0 Å². The summed E-state index contributed by atoms with van der Waals surface area (Å²) in [6.45, 7) is 13.2. The molecular formula is C23H41IN4O. The lowest BCUT2D eigenvalue weighted by atomic mass is 9.78. The van der Waals surface area contributed by atoms with Crippen LogP contribution in [0, 0.1) is 11.3 Å². The van der Waals surface area contributed by atoms with Gasteiger partial charge in [0, 0.05) is 32.2 Å². The minimum atomic E-state index is 0. The van der Waals surface area contributed by atoms with Crippen molar-refractivity contribution in [3.05, 3.63) is 35.4 Å². The predicted octanol–water partition coefficient (Wildman–Crippen LogP) is 4.26. The molecule has 1 saturated heterocycles. The lowest BCUT2D eigenvalue weighted by Gasteiger charge is -2.40. The normalized spacial score (nSPS) is 20.3. The maximum atomic E-state index is 6.11. The van der Waals surface area contributed by atoms with Crippen LogP contribution in [0.15, 0.2) is 29.3 Å². The molecule has 0 bridgehead atoms. The van der Waals surface area contributed by atoms with Gasteiger partial charge in [-0.2, -0.15) is 0 Å². The molecule has 2 N–H and O–H groups in total. The Kier molecular flexibility index (Phi) is 11.5. The second kappa shape index (κ2) is 12.7. The fourth-order valence-electron chi connectivity index (χ4n) is 3.86. The largest absolute Gasteiger partial charge is 0.377 e. The first-order valence-corrected chi connectivity index (χ1v) is 10.7. The van der Waals surface area contributed by atoms with Crippen LogP contribution in [0.1, 0.15) is 51.7 Å². The molecule has 0 saturated carbocycles. The molecule has 166 valence electrons. The van der Waals surface area contributed by atoms with E-state index < -0.39 is 0 Å². The van der Waals surface area contributed by atoms with Gasteiger partial charge in [-0.1, -0.05) is 45.0 Å². The van der Waals surface area contributed by atoms with E-state index in [9.17, 15) is 0 Å². The summed E-state index contributed by atoms with van der Waals surface area (Å²) in [5.41, 5.74) is 2.72. The molecule has 1 aliphatic heterocycles. The quantitative estimate of drug-likeness (QED) is 0.323. The van der Waals surface area contributed by atoms with Crippen molar-refractivity contribution in [2.24, 2.45) is 16.3 Å². The number of hydrogen-bond acceptors (Lipinski definition) is 3. The molecule has 0 aliphatic carbocycles. The highest BCUT2D eigenvalue weighted by Crippen LogP contribution is 2.33. The van der Waals surface area contributed by atoms with Gasteiger partial charge in [-0.15, -0.1) is 24.0 Å². The standard InChI is InChI=1S/C23H40N4O.HI/c1-7-24-22(25-15-18-10-12-19(13-11-18)17-27(5)6)26-16-20-9-8-14-28-21(20)23(2,3)4;/h10-13,20-21H,7-9,14-17H2,1-6H3,(H2,24,25,26);1H. The summed E-state index contributed by atoms with van der Waals surface area (Å²) >= 11 is 0. The number of guanidine groups is 1. The maximum Gasteiger partial charge on any atom is 0.191 e. The Morgan fingerprint density at radius 3 is 2.38 bits per heavy atom. The molecule has 5 nitrogen and oxygen atoms in total. The molecule has 1 heterocycles. The Morgan fingerprint density at radius 1 is 1.14 bits per heavy atom. The minimum absolute atomic E-state index is 0. The molecule has 0 amide bonds. The number of ether oxygens (including phenoxy) is 1. The van der Waals surface area contributed by atoms with E-state index in [2.05, 4.69) is 81.6 Å². The topological polar surface area (TPSA) is 48.9 Å². The van der Waals surface area contributed by atoms with E-state index in [1.807, 2.05) is 0 Å². The third-order valence-electron chi connectivity index (χ3n) is 5.12. The van der Waals surface area contributed by atoms with Gasteiger partial charge in [0.2, 0.25) is 0 Å². The van der Waals surface area contributed by atoms with E-state index in [0.29, 0.717) is 18.6 Å². The van der Waals surface area contributed by atoms with Gasteiger partial charge in [-0.25, -0.2) is 4.99 Å². The van der Waals surface area contributed by atoms with E-state index in [-0.39, 0.29) is 29.4 Å². The number of halogens is 1. The molecule has 1 aromatic carbocycles. The molecule has 2 atom stereocenters.